The van der Waals surface area contributed by atoms with E-state index in [0.29, 0.717) is 6.04 Å². The van der Waals surface area contributed by atoms with Crippen LogP contribution in [-0.4, -0.2) is 22.7 Å². The van der Waals surface area contributed by atoms with Gasteiger partial charge in [0.15, 0.2) is 0 Å². The van der Waals surface area contributed by atoms with Crippen LogP contribution in [0.4, 0.5) is 0 Å². The van der Waals surface area contributed by atoms with Crippen molar-refractivity contribution in [1.82, 2.24) is 5.32 Å². The molecule has 0 aromatic rings. The Hall–Kier alpha value is -1.64. The number of allylic oxidation sites excluding steroid dienone is 2. The average molecular weight is 158 g/mol. The Morgan fingerprint density at radius 3 is 3.50 bits per heavy atom. The van der Waals surface area contributed by atoms with Crippen LogP contribution < -0.4 is 5.32 Å². The standard InChI is InChI=1S/C9H7N3/c1-2-7-9-8(3-1)11-6-12(9)5-4-10-7/h1-6,9H/p+1. The summed E-state index contributed by atoms with van der Waals surface area (Å²) in [6.07, 6.45) is 11.9. The zero-order valence-electron chi connectivity index (χ0n) is 6.44. The van der Waals surface area contributed by atoms with Gasteiger partial charge in [-0.2, -0.15) is 0 Å². The maximum absolute atomic E-state index is 4.30. The maximum Gasteiger partial charge on any atom is 0.287 e. The fourth-order valence-electron chi connectivity index (χ4n) is 1.69. The minimum absolute atomic E-state index is 0.306. The first kappa shape index (κ1) is 5.94. The highest BCUT2D eigenvalue weighted by molar-refractivity contribution is 6.06. The van der Waals surface area contributed by atoms with Gasteiger partial charge >= 0.3 is 0 Å². The van der Waals surface area contributed by atoms with E-state index in [1.165, 1.54) is 5.70 Å². The van der Waals surface area contributed by atoms with E-state index < -0.39 is 0 Å². The quantitative estimate of drug-likeness (QED) is 0.507. The number of aliphatic imine (C=N–C) groups is 1. The molecule has 1 unspecified atom stereocenters. The molecule has 0 amide bonds. The first-order chi connectivity index (χ1) is 5.95. The molecule has 0 spiro atoms. The zero-order valence-corrected chi connectivity index (χ0v) is 6.44. The van der Waals surface area contributed by atoms with Gasteiger partial charge in [-0.05, 0) is 17.1 Å². The third kappa shape index (κ3) is 0.605. The van der Waals surface area contributed by atoms with Crippen molar-refractivity contribution in [2.75, 3.05) is 0 Å². The number of hydrogen-bond donors (Lipinski definition) is 1. The molecule has 1 atom stereocenters. The molecule has 0 bridgehead atoms. The lowest BCUT2D eigenvalue weighted by Gasteiger charge is -2.19. The van der Waals surface area contributed by atoms with Crippen LogP contribution in [0.25, 0.3) is 0 Å². The van der Waals surface area contributed by atoms with Crippen LogP contribution in [0.3, 0.4) is 0 Å². The molecule has 3 nitrogen and oxygen atoms in total. The van der Waals surface area contributed by atoms with Gasteiger partial charge in [0.25, 0.3) is 6.34 Å². The fraction of sp³-hybridized carbons (Fsp3) is 0.111. The van der Waals surface area contributed by atoms with Crippen molar-refractivity contribution in [2.24, 2.45) is 4.99 Å². The lowest BCUT2D eigenvalue weighted by molar-refractivity contribution is -0.466. The van der Waals surface area contributed by atoms with Crippen LogP contribution in [0.1, 0.15) is 0 Å². The molecular formula is C9H8N3+. The molecule has 0 saturated heterocycles. The molecule has 0 saturated carbocycles. The minimum Gasteiger partial charge on any atom is -0.358 e. The summed E-state index contributed by atoms with van der Waals surface area (Å²) in [6.45, 7) is 0. The molecule has 1 N–H and O–H groups in total. The van der Waals surface area contributed by atoms with E-state index >= 15 is 0 Å². The molecule has 2 heterocycles. The van der Waals surface area contributed by atoms with Crippen LogP contribution >= 0.6 is 0 Å². The van der Waals surface area contributed by atoms with Gasteiger partial charge in [-0.15, -0.1) is 0 Å². The molecule has 3 rings (SSSR count). The van der Waals surface area contributed by atoms with E-state index in [9.17, 15) is 0 Å². The van der Waals surface area contributed by atoms with E-state index in [-0.39, 0.29) is 0 Å². The summed E-state index contributed by atoms with van der Waals surface area (Å²) in [7, 11) is 0. The van der Waals surface area contributed by atoms with Gasteiger partial charge in [0, 0.05) is 6.20 Å². The molecule has 0 fully saturated rings. The predicted molar refractivity (Wildman–Crippen MR) is 47.0 cm³/mol. The third-order valence-electron chi connectivity index (χ3n) is 2.25. The molecular weight excluding hydrogens is 150 g/mol. The Balaban J connectivity index is 2.21. The Labute approximate surface area is 70.1 Å². The Bertz CT molecular complexity index is 383. The highest BCUT2D eigenvalue weighted by Gasteiger charge is 2.35. The van der Waals surface area contributed by atoms with Crippen molar-refractivity contribution in [3.63, 3.8) is 0 Å². The van der Waals surface area contributed by atoms with Crippen molar-refractivity contribution in [3.8, 4) is 0 Å². The van der Waals surface area contributed by atoms with Crippen LogP contribution in [0, 0.1) is 0 Å². The van der Waals surface area contributed by atoms with Crippen molar-refractivity contribution < 1.29 is 4.58 Å². The smallest absolute Gasteiger partial charge is 0.287 e. The Kier molecular flexibility index (Phi) is 0.961. The third-order valence-corrected chi connectivity index (χ3v) is 2.25. The van der Waals surface area contributed by atoms with E-state index in [2.05, 4.69) is 21.0 Å². The lowest BCUT2D eigenvalue weighted by Crippen LogP contribution is -2.37. The Morgan fingerprint density at radius 2 is 2.50 bits per heavy atom. The highest BCUT2D eigenvalue weighted by Crippen LogP contribution is 2.18. The summed E-state index contributed by atoms with van der Waals surface area (Å²) in [5.74, 6) is 0. The van der Waals surface area contributed by atoms with Crippen LogP contribution in [0.5, 0.6) is 0 Å². The fourth-order valence-corrected chi connectivity index (χ4v) is 1.69. The molecule has 3 aliphatic rings. The van der Waals surface area contributed by atoms with Gasteiger partial charge in [0.2, 0.25) is 11.8 Å². The monoisotopic (exact) mass is 158 g/mol. The van der Waals surface area contributed by atoms with E-state index in [1.54, 1.807) is 0 Å². The second-order valence-corrected chi connectivity index (χ2v) is 2.96. The van der Waals surface area contributed by atoms with Gasteiger partial charge in [-0.1, -0.05) is 6.08 Å². The topological polar surface area (TPSA) is 27.4 Å². The summed E-state index contributed by atoms with van der Waals surface area (Å²) in [4.78, 5) is 4.30. The lowest BCUT2D eigenvalue weighted by atomic mass is 10.0. The summed E-state index contributed by atoms with van der Waals surface area (Å²) in [5.41, 5.74) is 2.32. The first-order valence-corrected chi connectivity index (χ1v) is 3.95. The molecule has 0 aromatic carbocycles. The SMILES string of the molecule is C1=CC2=NC=[N+]3C=CNC(=C1)C23. The van der Waals surface area contributed by atoms with Crippen LogP contribution in [-0.2, 0) is 0 Å². The molecule has 2 aliphatic heterocycles. The number of nitrogens with zero attached hydrogens (tertiary/aromatic N) is 2. The van der Waals surface area contributed by atoms with E-state index in [1.807, 2.05) is 30.9 Å². The molecule has 58 valence electrons. The highest BCUT2D eigenvalue weighted by atomic mass is 15.2. The van der Waals surface area contributed by atoms with Crippen molar-refractivity contribution in [2.45, 2.75) is 6.04 Å². The van der Waals surface area contributed by atoms with Gasteiger partial charge < -0.3 is 5.32 Å². The zero-order chi connectivity index (χ0) is 7.97. The van der Waals surface area contributed by atoms with Crippen LogP contribution in [0.15, 0.2) is 41.3 Å². The Morgan fingerprint density at radius 1 is 1.50 bits per heavy atom. The normalized spacial score (nSPS) is 28.7. The second kappa shape index (κ2) is 1.94. The first-order valence-electron chi connectivity index (χ1n) is 3.95. The van der Waals surface area contributed by atoms with Gasteiger partial charge in [-0.3, -0.25) is 0 Å². The number of hydrogen-bond acceptors (Lipinski definition) is 2. The van der Waals surface area contributed by atoms with Crippen molar-refractivity contribution in [3.05, 3.63) is 36.3 Å². The number of nitrogens with one attached hydrogen (secondary N) is 1. The maximum atomic E-state index is 4.30. The van der Waals surface area contributed by atoms with E-state index in [0.717, 1.165) is 5.71 Å². The minimum atomic E-state index is 0.306. The van der Waals surface area contributed by atoms with E-state index in [4.69, 9.17) is 0 Å². The summed E-state index contributed by atoms with van der Waals surface area (Å²) in [5, 5.41) is 3.21. The molecule has 0 aromatic heterocycles. The largest absolute Gasteiger partial charge is 0.358 e. The summed E-state index contributed by atoms with van der Waals surface area (Å²) >= 11 is 0. The summed E-state index contributed by atoms with van der Waals surface area (Å²) < 4.78 is 2.10. The average Bonchev–Trinajstić information content (AvgIpc) is 2.52. The molecule has 12 heavy (non-hydrogen) atoms. The predicted octanol–water partition coefficient (Wildman–Crippen LogP) is 0.378. The van der Waals surface area contributed by atoms with Crippen LogP contribution in [0.2, 0.25) is 0 Å². The molecule has 1 aliphatic carbocycles. The summed E-state index contributed by atoms with van der Waals surface area (Å²) in [6, 6.07) is 0.306. The molecule has 0 radical (unpaired) electrons. The van der Waals surface area contributed by atoms with Gasteiger partial charge in [0.1, 0.15) is 6.20 Å². The number of rotatable bonds is 0. The van der Waals surface area contributed by atoms with Gasteiger partial charge in [0.05, 0.1) is 5.70 Å². The second-order valence-electron chi connectivity index (χ2n) is 2.96. The van der Waals surface area contributed by atoms with Gasteiger partial charge in [-0.25, -0.2) is 4.58 Å². The molecule has 3 heteroatoms. The van der Waals surface area contributed by atoms with Crippen molar-refractivity contribution in [1.29, 1.82) is 0 Å². The van der Waals surface area contributed by atoms with Crippen molar-refractivity contribution >= 4 is 12.1 Å².